The predicted octanol–water partition coefficient (Wildman–Crippen LogP) is 4.69. The van der Waals surface area contributed by atoms with Crippen LogP contribution in [0.2, 0.25) is 5.02 Å². The van der Waals surface area contributed by atoms with E-state index in [1.807, 2.05) is 6.92 Å². The molecule has 0 saturated carbocycles. The maximum absolute atomic E-state index is 14.0. The van der Waals surface area contributed by atoms with Gasteiger partial charge in [0.25, 0.3) is 10.0 Å². The van der Waals surface area contributed by atoms with Crippen LogP contribution in [0.4, 0.5) is 5.69 Å². The maximum Gasteiger partial charge on any atom is 0.335 e. The zero-order chi connectivity index (χ0) is 27.7. The molecule has 3 aromatic rings. The molecule has 198 valence electrons. The lowest BCUT2D eigenvalue weighted by atomic mass is 10.1. The Morgan fingerprint density at radius 2 is 1.61 bits per heavy atom. The summed E-state index contributed by atoms with van der Waals surface area (Å²) in [6.07, 6.45) is 2.94. The van der Waals surface area contributed by atoms with Gasteiger partial charge in [0.2, 0.25) is 0 Å². The molecule has 0 fully saturated rings. The van der Waals surface area contributed by atoms with E-state index in [0.717, 1.165) is 9.87 Å². The summed E-state index contributed by atoms with van der Waals surface area (Å²) in [7, 11) is -1.69. The first-order chi connectivity index (χ1) is 18.1. The Bertz CT molecular complexity index is 1450. The molecule has 8 nitrogen and oxygen atoms in total. The van der Waals surface area contributed by atoms with Crippen molar-refractivity contribution >= 4 is 51.5 Å². The molecule has 0 amide bonds. The van der Waals surface area contributed by atoms with E-state index in [-0.39, 0.29) is 29.2 Å². The summed E-state index contributed by atoms with van der Waals surface area (Å²) in [6, 6.07) is 19.8. The molecule has 0 N–H and O–H groups in total. The van der Waals surface area contributed by atoms with Gasteiger partial charge in [-0.25, -0.2) is 13.2 Å². The Balaban J connectivity index is 2.16. The van der Waals surface area contributed by atoms with Gasteiger partial charge in [-0.3, -0.25) is 14.1 Å². The van der Waals surface area contributed by atoms with Crippen molar-refractivity contribution < 1.29 is 27.5 Å². The Kier molecular flexibility index (Phi) is 9.81. The maximum atomic E-state index is 14.0. The molecule has 0 heterocycles. The number of hydrogen-bond donors (Lipinski definition) is 0. The van der Waals surface area contributed by atoms with Crippen molar-refractivity contribution in [1.82, 2.24) is 0 Å². The number of ether oxygens (including phenoxy) is 2. The lowest BCUT2D eigenvalue weighted by Gasteiger charge is -2.26. The number of rotatable bonds is 10. The molecular weight excluding hydrogens is 528 g/mol. The fourth-order valence-electron chi connectivity index (χ4n) is 3.46. The van der Waals surface area contributed by atoms with Gasteiger partial charge in [-0.15, -0.1) is 0 Å². The number of halogens is 1. The highest BCUT2D eigenvalue weighted by molar-refractivity contribution is 7.92. The molecule has 0 radical (unpaired) electrons. The van der Waals surface area contributed by atoms with Crippen molar-refractivity contribution in [3.63, 3.8) is 0 Å². The van der Waals surface area contributed by atoms with Gasteiger partial charge >= 0.3 is 11.9 Å². The van der Waals surface area contributed by atoms with Crippen molar-refractivity contribution in [2.75, 3.05) is 31.6 Å². The van der Waals surface area contributed by atoms with E-state index in [1.165, 1.54) is 32.6 Å². The zero-order valence-electron chi connectivity index (χ0n) is 21.1. The standard InChI is InChI=1S/C28H27ClN2O6S/c1-20-8-14-25(15-9-20)38(34,35)31(26-7-5-4-6-22(26)17-30-18-27(32)36-2)19-23(28(33)37-3)16-21-10-12-24(29)13-11-21/h4-17H,18-19H2,1-3H3/b23-16-,30-17?. The Hall–Kier alpha value is -3.95. The van der Waals surface area contributed by atoms with Crippen molar-refractivity contribution in [3.05, 3.63) is 100 Å². The van der Waals surface area contributed by atoms with Gasteiger partial charge in [0.1, 0.15) is 6.54 Å². The highest BCUT2D eigenvalue weighted by Crippen LogP contribution is 2.28. The zero-order valence-corrected chi connectivity index (χ0v) is 22.7. The number of anilines is 1. The number of para-hydroxylation sites is 1. The van der Waals surface area contributed by atoms with Crippen LogP contribution in [-0.4, -0.2) is 53.9 Å². The SMILES string of the molecule is COC(=O)CN=Cc1ccccc1N(C/C(=C/c1ccc(Cl)cc1)C(=O)OC)S(=O)(=O)c1ccc(C)cc1. The van der Waals surface area contributed by atoms with Crippen LogP contribution in [-0.2, 0) is 29.1 Å². The van der Waals surface area contributed by atoms with Crippen LogP contribution in [0.3, 0.4) is 0 Å². The van der Waals surface area contributed by atoms with E-state index in [4.69, 9.17) is 16.3 Å². The Morgan fingerprint density at radius 1 is 0.947 bits per heavy atom. The minimum absolute atomic E-state index is 0.0418. The molecule has 10 heteroatoms. The van der Waals surface area contributed by atoms with Crippen LogP contribution < -0.4 is 4.31 Å². The van der Waals surface area contributed by atoms with Crippen molar-refractivity contribution in [2.45, 2.75) is 11.8 Å². The summed E-state index contributed by atoms with van der Waals surface area (Å²) < 4.78 is 38.7. The van der Waals surface area contributed by atoms with E-state index in [1.54, 1.807) is 66.7 Å². The fourth-order valence-corrected chi connectivity index (χ4v) is 5.05. The number of methoxy groups -OCH3 is 2. The molecule has 0 saturated heterocycles. The largest absolute Gasteiger partial charge is 0.468 e. The molecule has 0 aliphatic heterocycles. The number of hydrogen-bond acceptors (Lipinski definition) is 7. The van der Waals surface area contributed by atoms with Crippen molar-refractivity contribution in [1.29, 1.82) is 0 Å². The van der Waals surface area contributed by atoms with Crippen LogP contribution in [0.1, 0.15) is 16.7 Å². The van der Waals surface area contributed by atoms with Crippen LogP contribution in [0.25, 0.3) is 6.08 Å². The molecule has 0 atom stereocenters. The fraction of sp³-hybridized carbons (Fsp3) is 0.179. The highest BCUT2D eigenvalue weighted by atomic mass is 35.5. The summed E-state index contributed by atoms with van der Waals surface area (Å²) in [6.45, 7) is 1.28. The van der Waals surface area contributed by atoms with Gasteiger partial charge in [0.05, 0.1) is 36.9 Å². The summed E-state index contributed by atoms with van der Waals surface area (Å²) >= 11 is 5.99. The number of esters is 2. The lowest BCUT2D eigenvalue weighted by Crippen LogP contribution is -2.35. The third-order valence-corrected chi connectivity index (χ3v) is 7.49. The summed E-state index contributed by atoms with van der Waals surface area (Å²) in [5, 5.41) is 0.519. The first kappa shape index (κ1) is 28.6. The highest BCUT2D eigenvalue weighted by Gasteiger charge is 2.29. The molecule has 0 spiro atoms. The number of aliphatic imine (C=N–C) groups is 1. The van der Waals surface area contributed by atoms with E-state index < -0.39 is 22.0 Å². The molecule has 0 bridgehead atoms. The second kappa shape index (κ2) is 13.0. The molecule has 0 aliphatic rings. The smallest absolute Gasteiger partial charge is 0.335 e. The van der Waals surface area contributed by atoms with Crippen LogP contribution in [0, 0.1) is 6.92 Å². The van der Waals surface area contributed by atoms with E-state index in [2.05, 4.69) is 9.73 Å². The number of aryl methyl sites for hydroxylation is 1. The third-order valence-electron chi connectivity index (χ3n) is 5.47. The lowest BCUT2D eigenvalue weighted by molar-refractivity contribution is -0.139. The normalized spacial score (nSPS) is 11.8. The quantitative estimate of drug-likeness (QED) is 0.205. The second-order valence-electron chi connectivity index (χ2n) is 8.14. The number of benzene rings is 3. The van der Waals surface area contributed by atoms with Gasteiger partial charge in [0.15, 0.2) is 0 Å². The molecule has 0 aromatic heterocycles. The average Bonchev–Trinajstić information content (AvgIpc) is 2.92. The average molecular weight is 555 g/mol. The molecule has 0 unspecified atom stereocenters. The van der Waals surface area contributed by atoms with Gasteiger partial charge in [-0.05, 0) is 48.9 Å². The van der Waals surface area contributed by atoms with Gasteiger partial charge in [0, 0.05) is 16.8 Å². The first-order valence-electron chi connectivity index (χ1n) is 11.4. The summed E-state index contributed by atoms with van der Waals surface area (Å²) in [4.78, 5) is 28.5. The van der Waals surface area contributed by atoms with Crippen molar-refractivity contribution in [2.24, 2.45) is 4.99 Å². The minimum atomic E-state index is -4.16. The van der Waals surface area contributed by atoms with Gasteiger partial charge < -0.3 is 9.47 Å². The van der Waals surface area contributed by atoms with E-state index in [0.29, 0.717) is 16.1 Å². The molecule has 38 heavy (non-hydrogen) atoms. The Morgan fingerprint density at radius 3 is 2.24 bits per heavy atom. The minimum Gasteiger partial charge on any atom is -0.468 e. The number of carbonyl (C=O) groups is 2. The monoisotopic (exact) mass is 554 g/mol. The van der Waals surface area contributed by atoms with E-state index >= 15 is 0 Å². The van der Waals surface area contributed by atoms with Crippen LogP contribution >= 0.6 is 11.6 Å². The van der Waals surface area contributed by atoms with Crippen molar-refractivity contribution in [3.8, 4) is 0 Å². The van der Waals surface area contributed by atoms with Crippen LogP contribution in [0.5, 0.6) is 0 Å². The predicted molar refractivity (Wildman–Crippen MR) is 148 cm³/mol. The number of sulfonamides is 1. The van der Waals surface area contributed by atoms with Gasteiger partial charge in [-0.1, -0.05) is 59.6 Å². The second-order valence-corrected chi connectivity index (χ2v) is 10.4. The third kappa shape index (κ3) is 7.30. The molecule has 3 rings (SSSR count). The Labute approximate surface area is 227 Å². The number of carbonyl (C=O) groups excluding carboxylic acids is 2. The summed E-state index contributed by atoms with van der Waals surface area (Å²) in [5.74, 6) is -1.23. The van der Waals surface area contributed by atoms with E-state index in [9.17, 15) is 18.0 Å². The van der Waals surface area contributed by atoms with Crippen LogP contribution in [0.15, 0.2) is 88.3 Å². The van der Waals surface area contributed by atoms with Gasteiger partial charge in [-0.2, -0.15) is 0 Å². The number of nitrogens with zero attached hydrogens (tertiary/aromatic N) is 2. The summed E-state index contributed by atoms with van der Waals surface area (Å²) in [5.41, 5.74) is 2.29. The topological polar surface area (TPSA) is 102 Å². The molecule has 0 aliphatic carbocycles. The molecule has 3 aromatic carbocycles. The first-order valence-corrected chi connectivity index (χ1v) is 13.3. The molecular formula is C28H27ClN2O6S.